The maximum absolute atomic E-state index is 13.0. The molecule has 0 aliphatic carbocycles. The number of carbonyl (C=O) groups is 1. The summed E-state index contributed by atoms with van der Waals surface area (Å²) in [6, 6.07) is 6.38. The molecule has 0 N–H and O–H groups in total. The van der Waals surface area contributed by atoms with E-state index >= 15 is 0 Å². The van der Waals surface area contributed by atoms with Crippen LogP contribution in [0.3, 0.4) is 0 Å². The van der Waals surface area contributed by atoms with Gasteiger partial charge in [0.25, 0.3) is 0 Å². The third-order valence-electron chi connectivity index (χ3n) is 4.85. The van der Waals surface area contributed by atoms with Crippen LogP contribution in [-0.4, -0.2) is 21.9 Å². The molecule has 0 bridgehead atoms. The van der Waals surface area contributed by atoms with Gasteiger partial charge in [0.15, 0.2) is 0 Å². The van der Waals surface area contributed by atoms with E-state index in [9.17, 15) is 9.59 Å². The van der Waals surface area contributed by atoms with Crippen LogP contribution in [0, 0.1) is 6.92 Å². The zero-order valence-electron chi connectivity index (χ0n) is 14.5. The third-order valence-corrected chi connectivity index (χ3v) is 7.65. The van der Waals surface area contributed by atoms with Crippen molar-refractivity contribution >= 4 is 39.9 Å². The minimum atomic E-state index is 0.0445. The number of hydrogen-bond donors (Lipinski definition) is 0. The molecule has 3 aromatic rings. The highest BCUT2D eigenvalue weighted by molar-refractivity contribution is 7.10. The van der Waals surface area contributed by atoms with Gasteiger partial charge in [0.1, 0.15) is 0 Å². The topological polar surface area (TPSA) is 42.3 Å². The van der Waals surface area contributed by atoms with Gasteiger partial charge in [0, 0.05) is 40.3 Å². The number of amides is 1. The van der Waals surface area contributed by atoms with Crippen molar-refractivity contribution in [3.63, 3.8) is 0 Å². The van der Waals surface area contributed by atoms with E-state index in [-0.39, 0.29) is 16.8 Å². The second-order valence-electron chi connectivity index (χ2n) is 6.45. The Labute approximate surface area is 164 Å². The molecule has 1 aliphatic heterocycles. The molecule has 4 heterocycles. The van der Waals surface area contributed by atoms with E-state index in [1.807, 2.05) is 17.2 Å². The fourth-order valence-electron chi connectivity index (χ4n) is 3.55. The van der Waals surface area contributed by atoms with Gasteiger partial charge >= 0.3 is 4.87 Å². The third kappa shape index (κ3) is 3.31. The van der Waals surface area contributed by atoms with Crippen molar-refractivity contribution in [1.29, 1.82) is 0 Å². The molecule has 26 heavy (non-hydrogen) atoms. The summed E-state index contributed by atoms with van der Waals surface area (Å²) in [6.45, 7) is 3.32. The Morgan fingerprint density at radius 2 is 2.12 bits per heavy atom. The summed E-state index contributed by atoms with van der Waals surface area (Å²) >= 11 is 4.72. The minimum Gasteiger partial charge on any atom is -0.330 e. The van der Waals surface area contributed by atoms with Gasteiger partial charge in [-0.15, -0.1) is 22.7 Å². The number of rotatable bonds is 5. The van der Waals surface area contributed by atoms with Crippen LogP contribution in [0.25, 0.3) is 0 Å². The SMILES string of the molecule is Cc1csc(=O)n1CCCC(=O)N1CCc2sccc2[C@H]1c1cccs1. The minimum absolute atomic E-state index is 0.0445. The van der Waals surface area contributed by atoms with E-state index in [4.69, 9.17) is 0 Å². The fraction of sp³-hybridized carbons (Fsp3) is 0.368. The van der Waals surface area contributed by atoms with Crippen molar-refractivity contribution in [2.45, 2.75) is 38.8 Å². The first-order valence-electron chi connectivity index (χ1n) is 8.69. The van der Waals surface area contributed by atoms with Crippen molar-refractivity contribution in [2.75, 3.05) is 6.54 Å². The van der Waals surface area contributed by atoms with Crippen LogP contribution in [0.1, 0.15) is 39.9 Å². The van der Waals surface area contributed by atoms with Gasteiger partial charge < -0.3 is 9.47 Å². The zero-order valence-corrected chi connectivity index (χ0v) is 17.0. The van der Waals surface area contributed by atoms with Crippen molar-refractivity contribution in [3.05, 3.63) is 65.0 Å². The molecule has 1 amide bonds. The highest BCUT2D eigenvalue weighted by atomic mass is 32.1. The largest absolute Gasteiger partial charge is 0.330 e. The molecular formula is C19H20N2O2S3. The Hall–Kier alpha value is -1.70. The Kier molecular flexibility index (Phi) is 5.11. The monoisotopic (exact) mass is 404 g/mol. The summed E-state index contributed by atoms with van der Waals surface area (Å²) < 4.78 is 1.77. The molecule has 0 saturated carbocycles. The lowest BCUT2D eigenvalue weighted by Crippen LogP contribution is -2.39. The highest BCUT2D eigenvalue weighted by Gasteiger charge is 2.32. The molecular weight excluding hydrogens is 384 g/mol. The van der Waals surface area contributed by atoms with Gasteiger partial charge in [-0.2, -0.15) is 0 Å². The van der Waals surface area contributed by atoms with Crippen LogP contribution < -0.4 is 4.87 Å². The Morgan fingerprint density at radius 1 is 1.23 bits per heavy atom. The summed E-state index contributed by atoms with van der Waals surface area (Å²) in [4.78, 5) is 29.5. The predicted molar refractivity (Wildman–Crippen MR) is 108 cm³/mol. The number of thiophene rings is 2. The lowest BCUT2D eigenvalue weighted by molar-refractivity contribution is -0.133. The molecule has 0 radical (unpaired) electrons. The standard InChI is InChI=1S/C19H20N2O2S3/c1-13-12-26-19(23)20(13)8-2-5-17(22)21-9-6-15-14(7-11-25-15)18(21)16-4-3-10-24-16/h3-4,7,10-12,18H,2,5-6,8-9H2,1H3/t18-/m0/s1. The number of aryl methyl sites for hydroxylation is 1. The van der Waals surface area contributed by atoms with E-state index in [0.717, 1.165) is 18.7 Å². The number of fused-ring (bicyclic) bond motifs is 1. The molecule has 0 unspecified atom stereocenters. The summed E-state index contributed by atoms with van der Waals surface area (Å²) in [5.74, 6) is 0.182. The smallest absolute Gasteiger partial charge is 0.307 e. The average molecular weight is 405 g/mol. The fourth-order valence-corrected chi connectivity index (χ4v) is 6.06. The van der Waals surface area contributed by atoms with Gasteiger partial charge in [-0.25, -0.2) is 0 Å². The Balaban J connectivity index is 1.49. The van der Waals surface area contributed by atoms with Gasteiger partial charge in [-0.05, 0) is 48.2 Å². The van der Waals surface area contributed by atoms with Crippen molar-refractivity contribution in [2.24, 2.45) is 0 Å². The lowest BCUT2D eigenvalue weighted by atomic mass is 9.98. The Morgan fingerprint density at radius 3 is 2.85 bits per heavy atom. The Bertz CT molecular complexity index is 952. The maximum Gasteiger partial charge on any atom is 0.307 e. The molecule has 136 valence electrons. The number of carbonyl (C=O) groups excluding carboxylic acids is 1. The van der Waals surface area contributed by atoms with Crippen molar-refractivity contribution in [3.8, 4) is 0 Å². The first-order valence-corrected chi connectivity index (χ1v) is 11.3. The summed E-state index contributed by atoms with van der Waals surface area (Å²) in [6.07, 6.45) is 2.10. The molecule has 4 rings (SSSR count). The molecule has 3 aromatic heterocycles. The van der Waals surface area contributed by atoms with Gasteiger partial charge in [-0.3, -0.25) is 9.59 Å². The van der Waals surface area contributed by atoms with E-state index in [1.165, 1.54) is 26.7 Å². The first kappa shape index (κ1) is 17.7. The van der Waals surface area contributed by atoms with Gasteiger partial charge in [-0.1, -0.05) is 17.4 Å². The first-order chi connectivity index (χ1) is 12.6. The molecule has 0 aromatic carbocycles. The van der Waals surface area contributed by atoms with E-state index < -0.39 is 0 Å². The van der Waals surface area contributed by atoms with E-state index in [0.29, 0.717) is 19.4 Å². The van der Waals surface area contributed by atoms with Crippen LogP contribution >= 0.6 is 34.0 Å². The van der Waals surface area contributed by atoms with E-state index in [1.54, 1.807) is 27.2 Å². The molecule has 7 heteroatoms. The number of nitrogens with zero attached hydrogens (tertiary/aromatic N) is 2. The van der Waals surface area contributed by atoms with Gasteiger partial charge in [0.2, 0.25) is 5.91 Å². The van der Waals surface area contributed by atoms with Crippen LogP contribution in [0.15, 0.2) is 39.1 Å². The van der Waals surface area contributed by atoms with Crippen LogP contribution in [0.5, 0.6) is 0 Å². The summed E-state index contributed by atoms with van der Waals surface area (Å²) in [5, 5.41) is 6.08. The summed E-state index contributed by atoms with van der Waals surface area (Å²) in [7, 11) is 0. The molecule has 4 nitrogen and oxygen atoms in total. The lowest BCUT2D eigenvalue weighted by Gasteiger charge is -2.35. The molecule has 1 aliphatic rings. The van der Waals surface area contributed by atoms with Gasteiger partial charge in [0.05, 0.1) is 6.04 Å². The quantitative estimate of drug-likeness (QED) is 0.636. The number of aromatic nitrogens is 1. The van der Waals surface area contributed by atoms with Crippen LogP contribution in [0.4, 0.5) is 0 Å². The summed E-state index contributed by atoms with van der Waals surface area (Å²) in [5.41, 5.74) is 2.26. The molecule has 0 spiro atoms. The number of hydrogen-bond acceptors (Lipinski definition) is 5. The van der Waals surface area contributed by atoms with Crippen LogP contribution in [-0.2, 0) is 17.8 Å². The second-order valence-corrected chi connectivity index (χ2v) is 9.25. The molecule has 1 atom stereocenters. The van der Waals surface area contributed by atoms with E-state index in [2.05, 4.69) is 29.0 Å². The highest BCUT2D eigenvalue weighted by Crippen LogP contribution is 2.39. The maximum atomic E-state index is 13.0. The van der Waals surface area contributed by atoms with Crippen molar-refractivity contribution < 1.29 is 4.79 Å². The molecule has 0 fully saturated rings. The second kappa shape index (κ2) is 7.50. The normalized spacial score (nSPS) is 16.7. The van der Waals surface area contributed by atoms with Crippen LogP contribution in [0.2, 0.25) is 0 Å². The van der Waals surface area contributed by atoms with Crippen molar-refractivity contribution in [1.82, 2.24) is 9.47 Å². The zero-order chi connectivity index (χ0) is 18.1. The number of thiazole rings is 1. The average Bonchev–Trinajstić information content (AvgIpc) is 3.37. The predicted octanol–water partition coefficient (Wildman–Crippen LogP) is 4.30. The molecule has 0 saturated heterocycles.